The quantitative estimate of drug-likeness (QED) is 0.240. The van der Waals surface area contributed by atoms with Gasteiger partial charge in [0, 0.05) is 21.0 Å². The Morgan fingerprint density at radius 2 is 0.712 bits per heavy atom. The first-order chi connectivity index (χ1) is 24.5. The molecular formula is C48H96S4. The first-order valence-corrected chi connectivity index (χ1v) is 27.7. The first kappa shape index (κ1) is 51.4. The van der Waals surface area contributed by atoms with Crippen LogP contribution in [0.25, 0.3) is 0 Å². The summed E-state index contributed by atoms with van der Waals surface area (Å²) in [7, 11) is 0. The molecule has 18 atom stereocenters. The number of hydrogen-bond donors (Lipinski definition) is 0. The van der Waals surface area contributed by atoms with Crippen LogP contribution in [-0.2, 0) is 0 Å². The van der Waals surface area contributed by atoms with Crippen LogP contribution in [-0.4, -0.2) is 46.0 Å². The number of thioether (sulfide) groups is 4. The highest BCUT2D eigenvalue weighted by atomic mass is 32.2. The fourth-order valence-electron chi connectivity index (χ4n) is 11.7. The van der Waals surface area contributed by atoms with Gasteiger partial charge in [-0.25, -0.2) is 0 Å². The summed E-state index contributed by atoms with van der Waals surface area (Å²) in [5.74, 6) is 15.0. The Morgan fingerprint density at radius 1 is 0.327 bits per heavy atom. The number of hydrogen-bond acceptors (Lipinski definition) is 4. The SMILES string of the molecule is CCC1CC(C)C(C)C(CC)C1C.CCC1CC(CC)C(C)C(C)C1C.CSC1CC(C)C(C)C(SC)C1C.CSC1CC(SC)C(C)C(C)C1C. The van der Waals surface area contributed by atoms with E-state index in [1.54, 1.807) is 0 Å². The molecule has 52 heavy (non-hydrogen) atoms. The fraction of sp³-hybridized carbons (Fsp3) is 1.00. The standard InChI is InChI=1S/2C13H26.2C11H22S2/c1-6-12-8-13(7-2)11(5)9(3)10(12)4;1-6-12-8-9(3)10(4)13(7-2)11(12)5;1-7-8(2)10(12-4)6-11(13-5)9(7)3;1-7-6-10(12-4)9(3)11(13-5)8(7)2/h2*9-13H,6-8H2,1-5H3;2*7-11H,6H2,1-5H3. The van der Waals surface area contributed by atoms with Crippen molar-refractivity contribution in [2.75, 3.05) is 25.0 Å². The molecule has 4 rings (SSSR count). The molecule has 4 fully saturated rings. The third kappa shape index (κ3) is 13.8. The minimum absolute atomic E-state index is 0.876. The van der Waals surface area contributed by atoms with Crippen LogP contribution in [0.4, 0.5) is 0 Å². The van der Waals surface area contributed by atoms with Gasteiger partial charge < -0.3 is 0 Å². The topological polar surface area (TPSA) is 0 Å². The molecule has 0 aromatic rings. The lowest BCUT2D eigenvalue weighted by Crippen LogP contribution is -2.40. The highest BCUT2D eigenvalue weighted by Gasteiger charge is 2.39. The summed E-state index contributed by atoms with van der Waals surface area (Å²) in [6.07, 6.45) is 20.4. The predicted molar refractivity (Wildman–Crippen MR) is 253 cm³/mol. The highest BCUT2D eigenvalue weighted by molar-refractivity contribution is 8.00. The maximum absolute atomic E-state index is 2.48. The molecule has 0 aromatic carbocycles. The summed E-state index contributed by atoms with van der Waals surface area (Å²) in [6.45, 7) is 38.8. The van der Waals surface area contributed by atoms with Crippen molar-refractivity contribution in [2.45, 2.75) is 183 Å². The monoisotopic (exact) mass is 801 g/mol. The highest BCUT2D eigenvalue weighted by Crippen LogP contribution is 2.47. The molecule has 0 aliphatic heterocycles. The molecule has 0 nitrogen and oxygen atoms in total. The van der Waals surface area contributed by atoms with Gasteiger partial charge in [-0.1, -0.05) is 136 Å². The molecule has 312 valence electrons. The van der Waals surface area contributed by atoms with Crippen molar-refractivity contribution in [3.05, 3.63) is 0 Å². The minimum atomic E-state index is 0.876. The second kappa shape index (κ2) is 25.7. The molecule has 0 aromatic heterocycles. The van der Waals surface area contributed by atoms with Gasteiger partial charge in [-0.3, -0.25) is 0 Å². The van der Waals surface area contributed by atoms with E-state index < -0.39 is 0 Å². The van der Waals surface area contributed by atoms with Gasteiger partial charge in [0.1, 0.15) is 0 Å². The Morgan fingerprint density at radius 3 is 1.10 bits per heavy atom. The lowest BCUT2D eigenvalue weighted by atomic mass is 9.62. The molecule has 0 saturated heterocycles. The Hall–Kier alpha value is 1.40. The maximum atomic E-state index is 2.48. The molecule has 18 unspecified atom stereocenters. The molecule has 4 heteroatoms. The summed E-state index contributed by atoms with van der Waals surface area (Å²) >= 11 is 8.27. The van der Waals surface area contributed by atoms with E-state index in [2.05, 4.69) is 183 Å². The molecular weight excluding hydrogens is 705 g/mol. The average Bonchev–Trinajstić information content (AvgIpc) is 3.14. The molecule has 4 aliphatic rings. The molecule has 0 N–H and O–H groups in total. The van der Waals surface area contributed by atoms with Crippen molar-refractivity contribution >= 4 is 47.0 Å². The summed E-state index contributed by atoms with van der Waals surface area (Å²) in [6, 6.07) is 0. The van der Waals surface area contributed by atoms with E-state index in [1.807, 2.05) is 0 Å². The van der Waals surface area contributed by atoms with E-state index in [0.717, 1.165) is 116 Å². The van der Waals surface area contributed by atoms with Crippen molar-refractivity contribution < 1.29 is 0 Å². The molecule has 0 heterocycles. The van der Waals surface area contributed by atoms with Crippen LogP contribution in [0.15, 0.2) is 0 Å². The van der Waals surface area contributed by atoms with E-state index in [0.29, 0.717) is 0 Å². The van der Waals surface area contributed by atoms with E-state index in [9.17, 15) is 0 Å². The van der Waals surface area contributed by atoms with Crippen LogP contribution in [0, 0.1) is 94.7 Å². The van der Waals surface area contributed by atoms with Crippen LogP contribution < -0.4 is 0 Å². The van der Waals surface area contributed by atoms with Crippen LogP contribution in [0.1, 0.15) is 162 Å². The molecule has 4 saturated carbocycles. The Labute approximate surface area is 347 Å². The summed E-state index contributed by atoms with van der Waals surface area (Å²) < 4.78 is 0. The van der Waals surface area contributed by atoms with Gasteiger partial charge in [0.05, 0.1) is 0 Å². The molecule has 0 bridgehead atoms. The van der Waals surface area contributed by atoms with E-state index in [-0.39, 0.29) is 0 Å². The smallest absolute Gasteiger partial charge is 0.0109 e. The van der Waals surface area contributed by atoms with Crippen molar-refractivity contribution in [3.8, 4) is 0 Å². The zero-order chi connectivity index (χ0) is 40.0. The first-order valence-electron chi connectivity index (χ1n) is 22.6. The lowest BCUT2D eigenvalue weighted by Gasteiger charge is -2.43. The largest absolute Gasteiger partial charge is 0.162 e. The molecule has 0 spiro atoms. The van der Waals surface area contributed by atoms with Crippen molar-refractivity contribution in [2.24, 2.45) is 94.7 Å². The van der Waals surface area contributed by atoms with Gasteiger partial charge in [0.25, 0.3) is 0 Å². The molecule has 4 aliphatic carbocycles. The normalized spacial score (nSPS) is 46.4. The van der Waals surface area contributed by atoms with E-state index >= 15 is 0 Å². The van der Waals surface area contributed by atoms with Crippen molar-refractivity contribution in [3.63, 3.8) is 0 Å². The summed E-state index contributed by atoms with van der Waals surface area (Å²) in [5.41, 5.74) is 0. The van der Waals surface area contributed by atoms with E-state index in [4.69, 9.17) is 0 Å². The zero-order valence-electron chi connectivity index (χ0n) is 38.8. The minimum Gasteiger partial charge on any atom is -0.162 e. The van der Waals surface area contributed by atoms with E-state index in [1.165, 1.54) is 51.4 Å². The average molecular weight is 802 g/mol. The van der Waals surface area contributed by atoms with Gasteiger partial charge in [-0.05, 0) is 145 Å². The fourth-order valence-corrected chi connectivity index (χ4v) is 16.4. The predicted octanol–water partition coefficient (Wildman–Crippen LogP) is 16.2. The molecule has 0 amide bonds. The van der Waals surface area contributed by atoms with Gasteiger partial charge in [-0.15, -0.1) is 0 Å². The summed E-state index contributed by atoms with van der Waals surface area (Å²) in [4.78, 5) is 0. The third-order valence-electron chi connectivity index (χ3n) is 17.1. The second-order valence-electron chi connectivity index (χ2n) is 19.1. The Balaban J connectivity index is 0.000000347. The second-order valence-corrected chi connectivity index (χ2v) is 23.3. The maximum Gasteiger partial charge on any atom is 0.0109 e. The van der Waals surface area contributed by atoms with Gasteiger partial charge in [0.15, 0.2) is 0 Å². The van der Waals surface area contributed by atoms with Crippen LogP contribution in [0.3, 0.4) is 0 Å². The Bertz CT molecular complexity index is 791. The molecule has 0 radical (unpaired) electrons. The van der Waals surface area contributed by atoms with Gasteiger partial charge in [-0.2, -0.15) is 47.0 Å². The van der Waals surface area contributed by atoms with Crippen molar-refractivity contribution in [1.29, 1.82) is 0 Å². The van der Waals surface area contributed by atoms with Gasteiger partial charge in [0.2, 0.25) is 0 Å². The Kier molecular flexibility index (Phi) is 25.4. The number of rotatable bonds is 8. The van der Waals surface area contributed by atoms with Crippen LogP contribution in [0.5, 0.6) is 0 Å². The van der Waals surface area contributed by atoms with Crippen LogP contribution >= 0.6 is 47.0 Å². The lowest BCUT2D eigenvalue weighted by molar-refractivity contribution is 0.0594. The van der Waals surface area contributed by atoms with Crippen LogP contribution in [0.2, 0.25) is 0 Å². The zero-order valence-corrected chi connectivity index (χ0v) is 42.1. The summed E-state index contributed by atoms with van der Waals surface area (Å²) in [5, 5.41) is 3.55. The van der Waals surface area contributed by atoms with Gasteiger partial charge >= 0.3 is 0 Å². The van der Waals surface area contributed by atoms with Crippen molar-refractivity contribution in [1.82, 2.24) is 0 Å². The third-order valence-corrected chi connectivity index (χ3v) is 22.1.